The van der Waals surface area contributed by atoms with Crippen molar-refractivity contribution in [3.8, 4) is 11.5 Å². The number of aromatic hydroxyl groups is 1. The molecule has 1 N–H and O–H groups in total. The van der Waals surface area contributed by atoms with Gasteiger partial charge < -0.3 is 19.6 Å². The SMILES string of the molecule is COc1cccc(CN(C)CCCN(C)C)c1O. The molecule has 4 nitrogen and oxygen atoms in total. The van der Waals surface area contributed by atoms with Crippen LogP contribution in [0.15, 0.2) is 18.2 Å². The number of para-hydroxylation sites is 1. The number of hydrogen-bond donors (Lipinski definition) is 1. The lowest BCUT2D eigenvalue weighted by molar-refractivity contribution is 0.288. The van der Waals surface area contributed by atoms with Crippen LogP contribution in [-0.2, 0) is 6.54 Å². The monoisotopic (exact) mass is 252 g/mol. The Balaban J connectivity index is 2.51. The molecule has 0 amide bonds. The highest BCUT2D eigenvalue weighted by Gasteiger charge is 2.09. The van der Waals surface area contributed by atoms with Crippen LogP contribution in [0.1, 0.15) is 12.0 Å². The molecule has 18 heavy (non-hydrogen) atoms. The van der Waals surface area contributed by atoms with Crippen LogP contribution in [0.4, 0.5) is 0 Å². The van der Waals surface area contributed by atoms with Gasteiger partial charge in [-0.15, -0.1) is 0 Å². The van der Waals surface area contributed by atoms with Gasteiger partial charge >= 0.3 is 0 Å². The number of phenolic OH excluding ortho intramolecular Hbond substituents is 1. The van der Waals surface area contributed by atoms with E-state index in [2.05, 4.69) is 30.9 Å². The molecule has 1 rings (SSSR count). The van der Waals surface area contributed by atoms with Crippen molar-refractivity contribution < 1.29 is 9.84 Å². The minimum atomic E-state index is 0.249. The maximum atomic E-state index is 9.99. The first-order valence-electron chi connectivity index (χ1n) is 6.22. The number of methoxy groups -OCH3 is 1. The van der Waals surface area contributed by atoms with Gasteiger partial charge in [-0.3, -0.25) is 0 Å². The van der Waals surface area contributed by atoms with Crippen molar-refractivity contribution in [3.63, 3.8) is 0 Å². The molecule has 1 aromatic rings. The molecule has 0 atom stereocenters. The highest BCUT2D eigenvalue weighted by atomic mass is 16.5. The van der Waals surface area contributed by atoms with E-state index in [9.17, 15) is 5.11 Å². The van der Waals surface area contributed by atoms with Crippen LogP contribution >= 0.6 is 0 Å². The third-order valence-electron chi connectivity index (χ3n) is 2.89. The molecular formula is C14H24N2O2. The topological polar surface area (TPSA) is 35.9 Å². The van der Waals surface area contributed by atoms with Crippen molar-refractivity contribution in [2.75, 3.05) is 41.3 Å². The van der Waals surface area contributed by atoms with Gasteiger partial charge in [-0.05, 0) is 46.7 Å². The van der Waals surface area contributed by atoms with Gasteiger partial charge in [0.05, 0.1) is 7.11 Å². The van der Waals surface area contributed by atoms with Gasteiger partial charge in [0.25, 0.3) is 0 Å². The second-order valence-corrected chi connectivity index (χ2v) is 4.86. The Bertz CT molecular complexity index is 367. The largest absolute Gasteiger partial charge is 0.504 e. The second-order valence-electron chi connectivity index (χ2n) is 4.86. The van der Waals surface area contributed by atoms with Crippen molar-refractivity contribution >= 4 is 0 Å². The molecule has 0 aliphatic heterocycles. The normalized spacial score (nSPS) is 11.2. The third-order valence-corrected chi connectivity index (χ3v) is 2.89. The molecule has 0 saturated carbocycles. The van der Waals surface area contributed by atoms with Crippen LogP contribution in [0.5, 0.6) is 11.5 Å². The summed E-state index contributed by atoms with van der Waals surface area (Å²) < 4.78 is 5.10. The van der Waals surface area contributed by atoms with Crippen LogP contribution in [0.25, 0.3) is 0 Å². The van der Waals surface area contributed by atoms with Crippen molar-refractivity contribution in [2.24, 2.45) is 0 Å². The van der Waals surface area contributed by atoms with E-state index in [1.54, 1.807) is 13.2 Å². The Labute approximate surface area is 110 Å². The summed E-state index contributed by atoms with van der Waals surface area (Å²) in [5.41, 5.74) is 0.904. The molecule has 0 aliphatic rings. The first-order valence-corrected chi connectivity index (χ1v) is 6.22. The Morgan fingerprint density at radius 2 is 1.89 bits per heavy atom. The van der Waals surface area contributed by atoms with E-state index in [1.807, 2.05) is 12.1 Å². The van der Waals surface area contributed by atoms with E-state index in [-0.39, 0.29) is 5.75 Å². The highest BCUT2D eigenvalue weighted by molar-refractivity contribution is 5.45. The molecule has 4 heteroatoms. The van der Waals surface area contributed by atoms with Crippen LogP contribution in [0, 0.1) is 0 Å². The fourth-order valence-electron chi connectivity index (χ4n) is 1.89. The smallest absolute Gasteiger partial charge is 0.162 e. The zero-order chi connectivity index (χ0) is 13.5. The predicted molar refractivity (Wildman–Crippen MR) is 74.2 cm³/mol. The molecule has 102 valence electrons. The molecule has 0 unspecified atom stereocenters. The summed E-state index contributed by atoms with van der Waals surface area (Å²) in [5, 5.41) is 9.99. The van der Waals surface area contributed by atoms with Gasteiger partial charge in [0.15, 0.2) is 11.5 Å². The van der Waals surface area contributed by atoms with Crippen molar-refractivity contribution in [1.29, 1.82) is 0 Å². The number of phenols is 1. The van der Waals surface area contributed by atoms with E-state index in [0.29, 0.717) is 5.75 Å². The van der Waals surface area contributed by atoms with Crippen molar-refractivity contribution in [1.82, 2.24) is 9.80 Å². The molecule has 0 spiro atoms. The second kappa shape index (κ2) is 7.24. The summed E-state index contributed by atoms with van der Waals surface area (Å²) in [7, 11) is 7.79. The zero-order valence-corrected chi connectivity index (χ0v) is 11.8. The Hall–Kier alpha value is -1.26. The average Bonchev–Trinajstić information content (AvgIpc) is 2.31. The molecule has 0 bridgehead atoms. The minimum absolute atomic E-state index is 0.249. The first-order chi connectivity index (χ1) is 8.54. The fourth-order valence-corrected chi connectivity index (χ4v) is 1.89. The fraction of sp³-hybridized carbons (Fsp3) is 0.571. The summed E-state index contributed by atoms with van der Waals surface area (Å²) in [5.74, 6) is 0.786. The van der Waals surface area contributed by atoms with E-state index in [4.69, 9.17) is 4.74 Å². The molecule has 0 radical (unpaired) electrons. The molecule has 0 aromatic heterocycles. The van der Waals surface area contributed by atoms with Gasteiger partial charge in [0.1, 0.15) is 0 Å². The summed E-state index contributed by atoms with van der Waals surface area (Å²) in [6, 6.07) is 5.60. The number of rotatable bonds is 7. The van der Waals surface area contributed by atoms with E-state index in [1.165, 1.54) is 0 Å². The maximum Gasteiger partial charge on any atom is 0.162 e. The van der Waals surface area contributed by atoms with Gasteiger partial charge in [0.2, 0.25) is 0 Å². The van der Waals surface area contributed by atoms with E-state index in [0.717, 1.165) is 31.6 Å². The summed E-state index contributed by atoms with van der Waals surface area (Å²) >= 11 is 0. The van der Waals surface area contributed by atoms with Gasteiger partial charge in [-0.1, -0.05) is 12.1 Å². The lowest BCUT2D eigenvalue weighted by Crippen LogP contribution is -2.23. The molecule has 0 fully saturated rings. The quantitative estimate of drug-likeness (QED) is 0.802. The van der Waals surface area contributed by atoms with Crippen LogP contribution in [0.3, 0.4) is 0 Å². The number of ether oxygens (including phenoxy) is 1. The predicted octanol–water partition coefficient (Wildman–Crippen LogP) is 1.78. The lowest BCUT2D eigenvalue weighted by Gasteiger charge is -2.19. The minimum Gasteiger partial charge on any atom is -0.504 e. The zero-order valence-electron chi connectivity index (χ0n) is 11.8. The molecule has 1 aromatic carbocycles. The standard InChI is InChI=1S/C14H24N2O2/c1-15(2)9-6-10-16(3)11-12-7-5-8-13(18-4)14(12)17/h5,7-8,17H,6,9-11H2,1-4H3. The maximum absolute atomic E-state index is 9.99. The number of benzene rings is 1. The summed E-state index contributed by atoms with van der Waals surface area (Å²) in [4.78, 5) is 4.38. The highest BCUT2D eigenvalue weighted by Crippen LogP contribution is 2.29. The molecule has 0 saturated heterocycles. The third kappa shape index (κ3) is 4.55. The van der Waals surface area contributed by atoms with Crippen LogP contribution < -0.4 is 4.74 Å². The lowest BCUT2D eigenvalue weighted by atomic mass is 10.1. The number of nitrogens with zero attached hydrogens (tertiary/aromatic N) is 2. The van der Waals surface area contributed by atoms with Crippen LogP contribution in [0.2, 0.25) is 0 Å². The van der Waals surface area contributed by atoms with E-state index >= 15 is 0 Å². The van der Waals surface area contributed by atoms with Gasteiger partial charge in [-0.25, -0.2) is 0 Å². The first kappa shape index (κ1) is 14.8. The molecular weight excluding hydrogens is 228 g/mol. The van der Waals surface area contributed by atoms with E-state index < -0.39 is 0 Å². The summed E-state index contributed by atoms with van der Waals surface area (Å²) in [6.45, 7) is 2.82. The van der Waals surface area contributed by atoms with Crippen molar-refractivity contribution in [2.45, 2.75) is 13.0 Å². The Morgan fingerprint density at radius 3 is 2.50 bits per heavy atom. The van der Waals surface area contributed by atoms with Gasteiger partial charge in [0, 0.05) is 12.1 Å². The summed E-state index contributed by atoms with van der Waals surface area (Å²) in [6.07, 6.45) is 1.12. The Kier molecular flexibility index (Phi) is 5.95. The molecule has 0 aliphatic carbocycles. The van der Waals surface area contributed by atoms with Crippen LogP contribution in [-0.4, -0.2) is 56.2 Å². The Morgan fingerprint density at radius 1 is 1.17 bits per heavy atom. The van der Waals surface area contributed by atoms with Gasteiger partial charge in [-0.2, -0.15) is 0 Å². The average molecular weight is 252 g/mol. The number of hydrogen-bond acceptors (Lipinski definition) is 4. The van der Waals surface area contributed by atoms with Crippen molar-refractivity contribution in [3.05, 3.63) is 23.8 Å². The molecule has 0 heterocycles.